The number of ether oxygens (including phenoxy) is 1. The predicted molar refractivity (Wildman–Crippen MR) is 97.1 cm³/mol. The Labute approximate surface area is 155 Å². The number of nitrogens with zero attached hydrogens (tertiary/aromatic N) is 3. The molecule has 3 rings (SSSR count). The van der Waals surface area contributed by atoms with Gasteiger partial charge in [0.2, 0.25) is 0 Å². The Kier molecular flexibility index (Phi) is 5.01. The van der Waals surface area contributed by atoms with Gasteiger partial charge >= 0.3 is 5.97 Å². The Balaban J connectivity index is 1.73. The molecule has 1 aromatic carbocycles. The van der Waals surface area contributed by atoms with Gasteiger partial charge in [0.1, 0.15) is 0 Å². The predicted octanol–water partition coefficient (Wildman–Crippen LogP) is -0.264. The number of rotatable bonds is 4. The topological polar surface area (TPSA) is 116 Å². The van der Waals surface area contributed by atoms with Crippen molar-refractivity contribution in [1.29, 1.82) is 0 Å². The molecular weight excluding hydrogens is 374 g/mol. The van der Waals surface area contributed by atoms with Gasteiger partial charge in [-0.2, -0.15) is 5.10 Å². The lowest BCUT2D eigenvalue weighted by Gasteiger charge is -2.23. The van der Waals surface area contributed by atoms with Crippen molar-refractivity contribution in [2.24, 2.45) is 7.05 Å². The first kappa shape index (κ1) is 19.0. The van der Waals surface area contributed by atoms with E-state index in [1.165, 1.54) is 19.0 Å². The number of carbonyl (C=O) groups is 2. The van der Waals surface area contributed by atoms with Gasteiger partial charge in [0.05, 0.1) is 16.9 Å². The molecule has 0 aliphatic carbocycles. The summed E-state index contributed by atoms with van der Waals surface area (Å²) in [6.45, 7) is -0.537. The van der Waals surface area contributed by atoms with E-state index in [0.29, 0.717) is 17.2 Å². The van der Waals surface area contributed by atoms with E-state index < -0.39 is 34.4 Å². The van der Waals surface area contributed by atoms with Crippen LogP contribution in [0.15, 0.2) is 29.1 Å². The highest BCUT2D eigenvalue weighted by Crippen LogP contribution is 2.17. The van der Waals surface area contributed by atoms with Gasteiger partial charge in [-0.1, -0.05) is 18.2 Å². The fourth-order valence-electron chi connectivity index (χ4n) is 3.03. The Morgan fingerprint density at radius 3 is 2.59 bits per heavy atom. The lowest BCUT2D eigenvalue weighted by molar-refractivity contribution is -0.134. The maximum atomic E-state index is 12.4. The van der Waals surface area contributed by atoms with E-state index >= 15 is 0 Å². The summed E-state index contributed by atoms with van der Waals surface area (Å²) in [5, 5.41) is 4.61. The number of aromatic nitrogens is 2. The molecule has 1 saturated heterocycles. The maximum absolute atomic E-state index is 12.4. The summed E-state index contributed by atoms with van der Waals surface area (Å²) in [5.41, 5.74) is -0.410. The van der Waals surface area contributed by atoms with Gasteiger partial charge in [-0.05, 0) is 12.5 Å². The van der Waals surface area contributed by atoms with Crippen LogP contribution in [0, 0.1) is 0 Å². The minimum absolute atomic E-state index is 0.0447. The highest BCUT2D eigenvalue weighted by molar-refractivity contribution is 7.91. The monoisotopic (exact) mass is 393 g/mol. The molecular formula is C17H19N3O6S. The molecule has 27 heavy (non-hydrogen) atoms. The molecule has 0 spiro atoms. The Morgan fingerprint density at radius 2 is 1.96 bits per heavy atom. The summed E-state index contributed by atoms with van der Waals surface area (Å²) in [4.78, 5) is 38.0. The number of hydrogen-bond donors (Lipinski definition) is 0. The summed E-state index contributed by atoms with van der Waals surface area (Å²) in [6, 6.07) is 6.08. The van der Waals surface area contributed by atoms with Crippen LogP contribution in [0.3, 0.4) is 0 Å². The average Bonchev–Trinajstić information content (AvgIpc) is 3.01. The van der Waals surface area contributed by atoms with Gasteiger partial charge in [-0.25, -0.2) is 17.9 Å². The van der Waals surface area contributed by atoms with E-state index in [9.17, 15) is 22.8 Å². The normalized spacial score (nSPS) is 18.4. The molecule has 1 aromatic heterocycles. The molecule has 0 saturated carbocycles. The molecule has 2 heterocycles. The van der Waals surface area contributed by atoms with Crippen LogP contribution in [0.1, 0.15) is 16.9 Å². The molecule has 0 bridgehead atoms. The Bertz CT molecular complexity index is 1080. The van der Waals surface area contributed by atoms with Crippen molar-refractivity contribution < 1.29 is 22.7 Å². The van der Waals surface area contributed by atoms with Gasteiger partial charge in [0, 0.05) is 25.5 Å². The van der Waals surface area contributed by atoms with Gasteiger partial charge in [-0.3, -0.25) is 9.59 Å². The Hall–Kier alpha value is -2.75. The lowest BCUT2D eigenvalue weighted by atomic mass is 10.1. The van der Waals surface area contributed by atoms with Crippen LogP contribution >= 0.6 is 0 Å². The second-order valence-electron chi connectivity index (χ2n) is 6.46. The van der Waals surface area contributed by atoms with Crippen molar-refractivity contribution in [2.45, 2.75) is 12.5 Å². The minimum Gasteiger partial charge on any atom is -0.451 e. The van der Waals surface area contributed by atoms with E-state index in [-0.39, 0.29) is 22.8 Å². The standard InChI is InChI=1S/C17H19N3O6S/c1-19(11-7-8-27(24,25)10-11)14(21)9-26-17(23)15-12-5-3-4-6-13(12)16(22)20(2)18-15/h3-6,11H,7-10H2,1-2H3. The zero-order valence-corrected chi connectivity index (χ0v) is 15.7. The number of amides is 1. The molecule has 0 radical (unpaired) electrons. The first-order valence-corrected chi connectivity index (χ1v) is 10.1. The quantitative estimate of drug-likeness (QED) is 0.657. The summed E-state index contributed by atoms with van der Waals surface area (Å²) >= 11 is 0. The number of carbonyl (C=O) groups excluding carboxylic acids is 2. The zero-order valence-electron chi connectivity index (χ0n) is 14.9. The van der Waals surface area contributed by atoms with Crippen molar-refractivity contribution in [3.05, 3.63) is 40.3 Å². The van der Waals surface area contributed by atoms with Crippen LogP contribution in [0.2, 0.25) is 0 Å². The number of fused-ring (bicyclic) bond motifs is 1. The second-order valence-corrected chi connectivity index (χ2v) is 8.69. The van der Waals surface area contributed by atoms with Crippen molar-refractivity contribution in [1.82, 2.24) is 14.7 Å². The number of esters is 1. The van der Waals surface area contributed by atoms with Crippen molar-refractivity contribution >= 4 is 32.5 Å². The molecule has 1 unspecified atom stereocenters. The smallest absolute Gasteiger partial charge is 0.359 e. The molecule has 9 nitrogen and oxygen atoms in total. The fraction of sp³-hybridized carbons (Fsp3) is 0.412. The number of benzene rings is 1. The summed E-state index contributed by atoms with van der Waals surface area (Å²) in [6.07, 6.45) is 0.367. The molecule has 0 N–H and O–H groups in total. The number of sulfone groups is 1. The maximum Gasteiger partial charge on any atom is 0.359 e. The van der Waals surface area contributed by atoms with E-state index in [0.717, 1.165) is 4.68 Å². The van der Waals surface area contributed by atoms with Crippen LogP contribution < -0.4 is 5.56 Å². The molecule has 144 valence electrons. The minimum atomic E-state index is -3.13. The SMILES string of the molecule is CN(C(=O)COC(=O)c1nn(C)c(=O)c2ccccc12)C1CCS(=O)(=O)C1. The molecule has 1 amide bonds. The van der Waals surface area contributed by atoms with Crippen molar-refractivity contribution in [2.75, 3.05) is 25.2 Å². The van der Waals surface area contributed by atoms with Crippen LogP contribution in [0.25, 0.3) is 10.8 Å². The third-order valence-corrected chi connectivity index (χ3v) is 6.38. The van der Waals surface area contributed by atoms with Crippen LogP contribution in [-0.2, 0) is 26.4 Å². The third kappa shape index (κ3) is 3.85. The average molecular weight is 393 g/mol. The highest BCUT2D eigenvalue weighted by atomic mass is 32.2. The Morgan fingerprint density at radius 1 is 1.30 bits per heavy atom. The molecule has 1 fully saturated rings. The van der Waals surface area contributed by atoms with E-state index in [1.54, 1.807) is 24.3 Å². The third-order valence-electron chi connectivity index (χ3n) is 4.63. The van der Waals surface area contributed by atoms with Gasteiger partial charge < -0.3 is 9.64 Å². The summed E-state index contributed by atoms with van der Waals surface area (Å²) < 4.78 is 29.2. The molecule has 1 atom stereocenters. The fourth-order valence-corrected chi connectivity index (χ4v) is 4.81. The van der Waals surface area contributed by atoms with Crippen molar-refractivity contribution in [3.8, 4) is 0 Å². The van der Waals surface area contributed by atoms with E-state index in [4.69, 9.17) is 4.74 Å². The zero-order chi connectivity index (χ0) is 19.8. The first-order valence-electron chi connectivity index (χ1n) is 8.29. The largest absolute Gasteiger partial charge is 0.451 e. The van der Waals surface area contributed by atoms with Crippen LogP contribution in [-0.4, -0.2) is 66.2 Å². The molecule has 1 aliphatic heterocycles. The lowest BCUT2D eigenvalue weighted by Crippen LogP contribution is -2.40. The van der Waals surface area contributed by atoms with Crippen LogP contribution in [0.5, 0.6) is 0 Å². The molecule has 1 aliphatic rings. The number of aryl methyl sites for hydroxylation is 1. The highest BCUT2D eigenvalue weighted by Gasteiger charge is 2.33. The number of hydrogen-bond acceptors (Lipinski definition) is 7. The van der Waals surface area contributed by atoms with Gasteiger partial charge in [0.15, 0.2) is 22.1 Å². The summed E-state index contributed by atoms with van der Waals surface area (Å²) in [5.74, 6) is -1.37. The van der Waals surface area contributed by atoms with Crippen molar-refractivity contribution in [3.63, 3.8) is 0 Å². The van der Waals surface area contributed by atoms with Gasteiger partial charge in [0.25, 0.3) is 11.5 Å². The van der Waals surface area contributed by atoms with E-state index in [2.05, 4.69) is 5.10 Å². The second kappa shape index (κ2) is 7.10. The molecule has 10 heteroatoms. The van der Waals surface area contributed by atoms with E-state index in [1.807, 2.05) is 0 Å². The number of likely N-dealkylation sites (N-methyl/N-ethyl adjacent to an activating group) is 1. The van der Waals surface area contributed by atoms with Gasteiger partial charge in [-0.15, -0.1) is 0 Å². The van der Waals surface area contributed by atoms with Crippen LogP contribution in [0.4, 0.5) is 0 Å². The first-order chi connectivity index (χ1) is 12.7. The summed E-state index contributed by atoms with van der Waals surface area (Å²) in [7, 11) is -0.216. The molecule has 2 aromatic rings.